The van der Waals surface area contributed by atoms with Gasteiger partial charge in [-0.25, -0.2) is 4.98 Å². The molecule has 0 unspecified atom stereocenters. The van der Waals surface area contributed by atoms with Gasteiger partial charge in [0.2, 0.25) is 0 Å². The van der Waals surface area contributed by atoms with Gasteiger partial charge in [-0.05, 0) is 50.1 Å². The number of carbonyl (C=O) groups excluding carboxylic acids is 1. The fourth-order valence-corrected chi connectivity index (χ4v) is 5.25. The van der Waals surface area contributed by atoms with Gasteiger partial charge in [0.25, 0.3) is 11.5 Å². The summed E-state index contributed by atoms with van der Waals surface area (Å²) < 4.78 is 5.24. The van der Waals surface area contributed by atoms with Crippen LogP contribution in [0.1, 0.15) is 37.9 Å². The highest BCUT2D eigenvalue weighted by atomic mass is 32.2. The normalized spacial score (nSPS) is 11.2. The first-order valence-electron chi connectivity index (χ1n) is 9.45. The van der Waals surface area contributed by atoms with E-state index in [2.05, 4.69) is 47.3 Å². The number of amides is 1. The molecular formula is C22H21N3O3S2. The average molecular weight is 440 g/mol. The second kappa shape index (κ2) is 8.49. The number of furan rings is 1. The minimum Gasteiger partial charge on any atom is -0.467 e. The molecule has 0 radical (unpaired) electrons. The molecule has 30 heavy (non-hydrogen) atoms. The van der Waals surface area contributed by atoms with Gasteiger partial charge in [0.15, 0.2) is 0 Å². The van der Waals surface area contributed by atoms with E-state index in [-0.39, 0.29) is 11.5 Å². The Morgan fingerprint density at radius 1 is 1.27 bits per heavy atom. The monoisotopic (exact) mass is 439 g/mol. The summed E-state index contributed by atoms with van der Waals surface area (Å²) in [4.78, 5) is 35.0. The maximum Gasteiger partial charge on any atom is 0.262 e. The summed E-state index contributed by atoms with van der Waals surface area (Å²) in [7, 11) is 0. The van der Waals surface area contributed by atoms with Gasteiger partial charge >= 0.3 is 0 Å². The minimum absolute atomic E-state index is 0.213. The number of fused-ring (bicyclic) bond motifs is 1. The summed E-state index contributed by atoms with van der Waals surface area (Å²) >= 11 is 2.88. The molecule has 0 bridgehead atoms. The number of aromatic nitrogens is 2. The molecule has 1 amide bonds. The molecule has 4 rings (SSSR count). The molecule has 4 aromatic rings. The van der Waals surface area contributed by atoms with Crippen molar-refractivity contribution in [1.82, 2.24) is 15.3 Å². The van der Waals surface area contributed by atoms with E-state index in [4.69, 9.17) is 4.42 Å². The predicted octanol–water partition coefficient (Wildman–Crippen LogP) is 4.73. The largest absolute Gasteiger partial charge is 0.467 e. The minimum atomic E-state index is -0.238. The molecule has 3 aromatic heterocycles. The first-order valence-corrected chi connectivity index (χ1v) is 11.3. The lowest BCUT2D eigenvalue weighted by Gasteiger charge is -2.06. The van der Waals surface area contributed by atoms with Crippen LogP contribution < -0.4 is 10.9 Å². The summed E-state index contributed by atoms with van der Waals surface area (Å²) in [6.07, 6.45) is 1.56. The second-order valence-electron chi connectivity index (χ2n) is 7.07. The van der Waals surface area contributed by atoms with E-state index in [1.165, 1.54) is 22.5 Å². The topological polar surface area (TPSA) is 88.0 Å². The van der Waals surface area contributed by atoms with Crippen molar-refractivity contribution in [3.8, 4) is 0 Å². The maximum absolute atomic E-state index is 12.7. The number of hydrogen-bond donors (Lipinski definition) is 2. The smallest absolute Gasteiger partial charge is 0.262 e. The summed E-state index contributed by atoms with van der Waals surface area (Å²) in [5, 5.41) is 3.30. The molecule has 0 spiro atoms. The maximum atomic E-state index is 12.7. The Morgan fingerprint density at radius 3 is 2.87 bits per heavy atom. The molecule has 2 N–H and O–H groups in total. The van der Waals surface area contributed by atoms with Crippen LogP contribution in [0.2, 0.25) is 0 Å². The first kappa shape index (κ1) is 20.4. The number of benzene rings is 1. The lowest BCUT2D eigenvalue weighted by atomic mass is 10.2. The van der Waals surface area contributed by atoms with Crippen molar-refractivity contribution >= 4 is 39.2 Å². The molecule has 0 atom stereocenters. The van der Waals surface area contributed by atoms with Crippen molar-refractivity contribution in [2.24, 2.45) is 0 Å². The van der Waals surface area contributed by atoms with Crippen LogP contribution in [0.25, 0.3) is 10.2 Å². The van der Waals surface area contributed by atoms with Gasteiger partial charge in [0.05, 0.1) is 28.8 Å². The van der Waals surface area contributed by atoms with Gasteiger partial charge < -0.3 is 14.7 Å². The van der Waals surface area contributed by atoms with E-state index in [1.807, 2.05) is 0 Å². The third-order valence-corrected chi connectivity index (χ3v) is 7.12. The lowest BCUT2D eigenvalue weighted by molar-refractivity contribution is 0.0951. The fraction of sp³-hybridized carbons (Fsp3) is 0.227. The van der Waals surface area contributed by atoms with Gasteiger partial charge in [0.1, 0.15) is 16.4 Å². The van der Waals surface area contributed by atoms with Crippen molar-refractivity contribution in [2.75, 3.05) is 0 Å². The number of aromatic amines is 1. The van der Waals surface area contributed by atoms with Crippen LogP contribution in [-0.2, 0) is 12.3 Å². The predicted molar refractivity (Wildman–Crippen MR) is 120 cm³/mol. The quantitative estimate of drug-likeness (QED) is 0.424. The Bertz CT molecular complexity index is 1270. The molecule has 1 aromatic carbocycles. The molecular weight excluding hydrogens is 418 g/mol. The van der Waals surface area contributed by atoms with E-state index < -0.39 is 0 Å². The number of thiophene rings is 1. The zero-order valence-corrected chi connectivity index (χ0v) is 18.5. The van der Waals surface area contributed by atoms with Crippen molar-refractivity contribution in [1.29, 1.82) is 0 Å². The highest BCUT2D eigenvalue weighted by Crippen LogP contribution is 2.29. The van der Waals surface area contributed by atoms with Gasteiger partial charge in [-0.2, -0.15) is 0 Å². The molecule has 0 aliphatic rings. The second-order valence-corrected chi connectivity index (χ2v) is 9.08. The van der Waals surface area contributed by atoms with E-state index >= 15 is 0 Å². The van der Waals surface area contributed by atoms with E-state index in [1.54, 1.807) is 37.1 Å². The first-order chi connectivity index (χ1) is 14.4. The zero-order valence-electron chi connectivity index (χ0n) is 16.9. The number of carbonyl (C=O) groups is 1. The molecule has 8 heteroatoms. The lowest BCUT2D eigenvalue weighted by Crippen LogP contribution is -2.22. The highest BCUT2D eigenvalue weighted by molar-refractivity contribution is 7.98. The Labute approximate surface area is 181 Å². The molecule has 0 aliphatic carbocycles. The van der Waals surface area contributed by atoms with Crippen molar-refractivity contribution in [3.63, 3.8) is 0 Å². The van der Waals surface area contributed by atoms with E-state index in [9.17, 15) is 9.59 Å². The van der Waals surface area contributed by atoms with Crippen LogP contribution in [0.5, 0.6) is 0 Å². The van der Waals surface area contributed by atoms with Crippen LogP contribution in [0.4, 0.5) is 0 Å². The molecule has 3 heterocycles. The number of nitrogens with zero attached hydrogens (tertiary/aromatic N) is 1. The number of H-pyrrole nitrogens is 1. The summed E-state index contributed by atoms with van der Waals surface area (Å²) in [6, 6.07) is 9.87. The van der Waals surface area contributed by atoms with Crippen LogP contribution >= 0.6 is 23.1 Å². The molecule has 0 saturated carbocycles. The van der Waals surface area contributed by atoms with Crippen LogP contribution in [0.15, 0.2) is 50.7 Å². The van der Waals surface area contributed by atoms with Crippen LogP contribution in [0, 0.1) is 20.8 Å². The molecule has 0 aliphatic heterocycles. The number of rotatable bonds is 6. The van der Waals surface area contributed by atoms with Crippen molar-refractivity contribution < 1.29 is 9.21 Å². The van der Waals surface area contributed by atoms with Gasteiger partial charge in [0, 0.05) is 4.90 Å². The Hall–Kier alpha value is -2.84. The number of aryl methyl sites for hydroxylation is 3. The number of thioether (sulfide) groups is 1. The summed E-state index contributed by atoms with van der Waals surface area (Å²) in [6.45, 7) is 6.20. The fourth-order valence-electron chi connectivity index (χ4n) is 3.14. The number of nitrogens with one attached hydrogen (secondary N) is 2. The number of hydrogen-bond acceptors (Lipinski definition) is 6. The summed E-state index contributed by atoms with van der Waals surface area (Å²) in [5.74, 6) is 1.58. The van der Waals surface area contributed by atoms with Gasteiger partial charge in [-0.1, -0.05) is 17.7 Å². The Morgan fingerprint density at radius 2 is 2.10 bits per heavy atom. The van der Waals surface area contributed by atoms with Crippen molar-refractivity contribution in [3.05, 3.63) is 80.1 Å². The Kier molecular flexibility index (Phi) is 5.78. The molecule has 6 nitrogen and oxygen atoms in total. The van der Waals surface area contributed by atoms with E-state index in [0.29, 0.717) is 44.5 Å². The highest BCUT2D eigenvalue weighted by Gasteiger charge is 2.19. The van der Waals surface area contributed by atoms with Gasteiger partial charge in [-0.15, -0.1) is 23.1 Å². The van der Waals surface area contributed by atoms with E-state index in [0.717, 1.165) is 4.90 Å². The molecule has 0 saturated heterocycles. The van der Waals surface area contributed by atoms with Crippen molar-refractivity contribution in [2.45, 2.75) is 38.0 Å². The average Bonchev–Trinajstić information content (AvgIpc) is 3.35. The molecule has 154 valence electrons. The third kappa shape index (κ3) is 4.20. The molecule has 0 fully saturated rings. The van der Waals surface area contributed by atoms with Gasteiger partial charge in [-0.3, -0.25) is 9.59 Å². The SMILES string of the molecule is Cc1ccc(C)c(SCc2nc3sc(C(=O)NCc4ccco4)c(C)c3c(=O)[nH]2)c1. The third-order valence-electron chi connectivity index (χ3n) is 4.77. The standard InChI is InChI=1S/C22H21N3O3S2/c1-12-6-7-13(2)16(9-12)29-11-17-24-20(26)18-14(3)19(30-22(18)25-17)21(27)23-10-15-5-4-8-28-15/h4-9H,10-11H2,1-3H3,(H,23,27)(H,24,25,26). The van der Waals surface area contributed by atoms with Crippen LogP contribution in [0.3, 0.4) is 0 Å². The zero-order chi connectivity index (χ0) is 21.3. The Balaban J connectivity index is 1.56. The van der Waals surface area contributed by atoms with Crippen LogP contribution in [-0.4, -0.2) is 15.9 Å². The summed E-state index contributed by atoms with van der Waals surface area (Å²) in [5.41, 5.74) is 2.82.